The van der Waals surface area contributed by atoms with E-state index in [2.05, 4.69) is 4.90 Å². The fraction of sp³-hybridized carbons (Fsp3) is 0.929. The summed E-state index contributed by atoms with van der Waals surface area (Å²) in [6, 6.07) is 0. The first-order chi connectivity index (χ1) is 8.17. The molecule has 1 aliphatic rings. The molecule has 0 saturated carbocycles. The molecule has 0 radical (unpaired) electrons. The second-order valence-electron chi connectivity index (χ2n) is 6.60. The van der Waals surface area contributed by atoms with E-state index in [1.807, 2.05) is 34.6 Å². The van der Waals surface area contributed by atoms with Crippen molar-refractivity contribution >= 4 is 5.97 Å². The van der Waals surface area contributed by atoms with Crippen molar-refractivity contribution in [3.63, 3.8) is 0 Å². The SMILES string of the molecule is CC(C)C1(C(=O)O)CCN(CCOC(C)(C)C)C1. The number of aliphatic carboxylic acids is 1. The standard InChI is InChI=1S/C14H27NO3/c1-11(2)14(12(16)17)6-7-15(10-14)8-9-18-13(3,4)5/h11H,6-10H2,1-5H3,(H,16,17). The quantitative estimate of drug-likeness (QED) is 0.820. The molecule has 18 heavy (non-hydrogen) atoms. The van der Waals surface area contributed by atoms with Crippen molar-refractivity contribution in [3.05, 3.63) is 0 Å². The predicted molar refractivity (Wildman–Crippen MR) is 71.7 cm³/mol. The van der Waals surface area contributed by atoms with E-state index < -0.39 is 11.4 Å². The Morgan fingerprint density at radius 3 is 2.44 bits per heavy atom. The van der Waals surface area contributed by atoms with Crippen LogP contribution in [0.2, 0.25) is 0 Å². The zero-order valence-electron chi connectivity index (χ0n) is 12.3. The van der Waals surface area contributed by atoms with Gasteiger partial charge in [0.25, 0.3) is 0 Å². The molecule has 1 saturated heterocycles. The molecule has 1 fully saturated rings. The predicted octanol–water partition coefficient (Wildman–Crippen LogP) is 2.23. The van der Waals surface area contributed by atoms with E-state index in [0.29, 0.717) is 13.2 Å². The average molecular weight is 257 g/mol. The van der Waals surface area contributed by atoms with Crippen LogP contribution in [-0.4, -0.2) is 47.8 Å². The van der Waals surface area contributed by atoms with Crippen molar-refractivity contribution in [1.82, 2.24) is 4.90 Å². The minimum absolute atomic E-state index is 0.123. The van der Waals surface area contributed by atoms with Gasteiger partial charge in [0.15, 0.2) is 0 Å². The number of hydrogen-bond donors (Lipinski definition) is 1. The molecule has 4 nitrogen and oxygen atoms in total. The summed E-state index contributed by atoms with van der Waals surface area (Å²) in [7, 11) is 0. The van der Waals surface area contributed by atoms with Crippen LogP contribution in [0.25, 0.3) is 0 Å². The highest BCUT2D eigenvalue weighted by atomic mass is 16.5. The number of rotatable bonds is 5. The van der Waals surface area contributed by atoms with Gasteiger partial charge in [-0.05, 0) is 39.7 Å². The Morgan fingerprint density at radius 2 is 2.06 bits per heavy atom. The summed E-state index contributed by atoms with van der Waals surface area (Å²) < 4.78 is 5.69. The summed E-state index contributed by atoms with van der Waals surface area (Å²) >= 11 is 0. The number of hydrogen-bond acceptors (Lipinski definition) is 3. The molecule has 1 atom stereocenters. The zero-order chi connectivity index (χ0) is 14.0. The third-order valence-corrected chi connectivity index (χ3v) is 3.85. The smallest absolute Gasteiger partial charge is 0.311 e. The van der Waals surface area contributed by atoms with Crippen molar-refractivity contribution in [3.8, 4) is 0 Å². The van der Waals surface area contributed by atoms with Gasteiger partial charge in [0.1, 0.15) is 0 Å². The van der Waals surface area contributed by atoms with Gasteiger partial charge >= 0.3 is 5.97 Å². The highest BCUT2D eigenvalue weighted by Gasteiger charge is 2.46. The van der Waals surface area contributed by atoms with Gasteiger partial charge in [-0.25, -0.2) is 0 Å². The van der Waals surface area contributed by atoms with Crippen LogP contribution in [0.5, 0.6) is 0 Å². The number of ether oxygens (including phenoxy) is 1. The third-order valence-electron chi connectivity index (χ3n) is 3.85. The molecular weight excluding hydrogens is 230 g/mol. The van der Waals surface area contributed by atoms with Gasteiger partial charge in [-0.15, -0.1) is 0 Å². The molecule has 0 aromatic carbocycles. The summed E-state index contributed by atoms with van der Waals surface area (Å²) in [4.78, 5) is 13.7. The van der Waals surface area contributed by atoms with Crippen LogP contribution in [0.1, 0.15) is 41.0 Å². The Morgan fingerprint density at radius 1 is 1.44 bits per heavy atom. The molecule has 0 aromatic heterocycles. The first-order valence-electron chi connectivity index (χ1n) is 6.77. The van der Waals surface area contributed by atoms with Gasteiger partial charge in [-0.1, -0.05) is 13.8 Å². The fourth-order valence-electron chi connectivity index (χ4n) is 2.48. The zero-order valence-corrected chi connectivity index (χ0v) is 12.3. The lowest BCUT2D eigenvalue weighted by atomic mass is 9.76. The Labute approximate surface area is 110 Å². The van der Waals surface area contributed by atoms with Crippen molar-refractivity contribution in [2.24, 2.45) is 11.3 Å². The second-order valence-corrected chi connectivity index (χ2v) is 6.60. The lowest BCUT2D eigenvalue weighted by Gasteiger charge is -2.29. The largest absolute Gasteiger partial charge is 0.481 e. The Balaban J connectivity index is 2.47. The van der Waals surface area contributed by atoms with Crippen LogP contribution in [0, 0.1) is 11.3 Å². The first-order valence-corrected chi connectivity index (χ1v) is 6.77. The summed E-state index contributed by atoms with van der Waals surface area (Å²) in [5, 5.41) is 9.45. The molecule has 1 N–H and O–H groups in total. The number of carboxylic acid groups (broad SMARTS) is 1. The number of carboxylic acids is 1. The first kappa shape index (κ1) is 15.4. The Kier molecular flexibility index (Phi) is 4.78. The molecule has 0 aromatic rings. The second kappa shape index (κ2) is 5.57. The topological polar surface area (TPSA) is 49.8 Å². The monoisotopic (exact) mass is 257 g/mol. The summed E-state index contributed by atoms with van der Waals surface area (Å²) in [6.45, 7) is 13.1. The fourth-order valence-corrected chi connectivity index (χ4v) is 2.48. The molecular formula is C14H27NO3. The minimum Gasteiger partial charge on any atom is -0.481 e. The molecule has 1 rings (SSSR count). The van der Waals surface area contributed by atoms with Crippen LogP contribution in [0.15, 0.2) is 0 Å². The highest BCUT2D eigenvalue weighted by molar-refractivity contribution is 5.75. The van der Waals surface area contributed by atoms with Crippen molar-refractivity contribution in [2.45, 2.75) is 46.6 Å². The molecule has 1 heterocycles. The molecule has 0 bridgehead atoms. The molecule has 0 spiro atoms. The minimum atomic E-state index is -0.656. The molecule has 1 aliphatic heterocycles. The lowest BCUT2D eigenvalue weighted by Crippen LogP contribution is -2.40. The maximum absolute atomic E-state index is 11.5. The molecule has 106 valence electrons. The van der Waals surface area contributed by atoms with Gasteiger partial charge in [-0.3, -0.25) is 9.69 Å². The van der Waals surface area contributed by atoms with Crippen molar-refractivity contribution in [1.29, 1.82) is 0 Å². The van der Waals surface area contributed by atoms with Gasteiger partial charge in [0.05, 0.1) is 17.6 Å². The Hall–Kier alpha value is -0.610. The van der Waals surface area contributed by atoms with E-state index in [1.165, 1.54) is 0 Å². The van der Waals surface area contributed by atoms with E-state index in [9.17, 15) is 9.90 Å². The van der Waals surface area contributed by atoms with Gasteiger partial charge < -0.3 is 9.84 Å². The average Bonchev–Trinajstić information content (AvgIpc) is 2.61. The highest BCUT2D eigenvalue weighted by Crippen LogP contribution is 2.37. The summed E-state index contributed by atoms with van der Waals surface area (Å²) in [6.07, 6.45) is 0.746. The van der Waals surface area contributed by atoms with Crippen LogP contribution < -0.4 is 0 Å². The maximum Gasteiger partial charge on any atom is 0.311 e. The Bertz CT molecular complexity index is 296. The van der Waals surface area contributed by atoms with E-state index in [-0.39, 0.29) is 11.5 Å². The summed E-state index contributed by atoms with van der Waals surface area (Å²) in [5.74, 6) is -0.486. The lowest BCUT2D eigenvalue weighted by molar-refractivity contribution is -0.151. The molecule has 0 amide bonds. The normalized spacial score (nSPS) is 25.9. The van der Waals surface area contributed by atoms with E-state index in [0.717, 1.165) is 19.5 Å². The number of nitrogens with zero attached hydrogens (tertiary/aromatic N) is 1. The molecule has 4 heteroatoms. The van der Waals surface area contributed by atoms with E-state index >= 15 is 0 Å². The van der Waals surface area contributed by atoms with E-state index in [4.69, 9.17) is 4.74 Å². The van der Waals surface area contributed by atoms with Crippen molar-refractivity contribution in [2.75, 3.05) is 26.2 Å². The van der Waals surface area contributed by atoms with Crippen LogP contribution in [-0.2, 0) is 9.53 Å². The van der Waals surface area contributed by atoms with Crippen LogP contribution >= 0.6 is 0 Å². The molecule has 1 unspecified atom stereocenters. The third kappa shape index (κ3) is 3.69. The summed E-state index contributed by atoms with van der Waals surface area (Å²) in [5.41, 5.74) is -0.691. The van der Waals surface area contributed by atoms with Crippen molar-refractivity contribution < 1.29 is 14.6 Å². The number of likely N-dealkylation sites (tertiary alicyclic amines) is 1. The van der Waals surface area contributed by atoms with Gasteiger partial charge in [0.2, 0.25) is 0 Å². The maximum atomic E-state index is 11.5. The van der Waals surface area contributed by atoms with Gasteiger partial charge in [0, 0.05) is 13.1 Å². The number of carbonyl (C=O) groups is 1. The van der Waals surface area contributed by atoms with Crippen LogP contribution in [0.3, 0.4) is 0 Å². The molecule has 0 aliphatic carbocycles. The van der Waals surface area contributed by atoms with E-state index in [1.54, 1.807) is 0 Å². The van der Waals surface area contributed by atoms with Gasteiger partial charge in [-0.2, -0.15) is 0 Å². The van der Waals surface area contributed by atoms with Crippen LogP contribution in [0.4, 0.5) is 0 Å².